The molecule has 0 spiro atoms. The SMILES string of the molecule is COc1ccc(OCCCC(=O)N[C@@H]2CCC[C@H](C)[C@H]2C)cc1. The summed E-state index contributed by atoms with van der Waals surface area (Å²) in [6, 6.07) is 7.84. The van der Waals surface area contributed by atoms with E-state index in [0.717, 1.165) is 24.3 Å². The van der Waals surface area contributed by atoms with Gasteiger partial charge in [0.05, 0.1) is 13.7 Å². The third-order valence-electron chi connectivity index (χ3n) is 4.93. The molecule has 0 unspecified atom stereocenters. The maximum absolute atomic E-state index is 12.1. The lowest BCUT2D eigenvalue weighted by Crippen LogP contribution is -2.43. The topological polar surface area (TPSA) is 47.6 Å². The van der Waals surface area contributed by atoms with Gasteiger partial charge in [-0.25, -0.2) is 0 Å². The fraction of sp³-hybridized carbons (Fsp3) is 0.632. The lowest BCUT2D eigenvalue weighted by Gasteiger charge is -2.34. The fourth-order valence-electron chi connectivity index (χ4n) is 3.16. The minimum Gasteiger partial charge on any atom is -0.497 e. The van der Waals surface area contributed by atoms with Gasteiger partial charge in [-0.2, -0.15) is 0 Å². The minimum atomic E-state index is 0.147. The third kappa shape index (κ3) is 5.45. The smallest absolute Gasteiger partial charge is 0.220 e. The van der Waals surface area contributed by atoms with Crippen LogP contribution in [0.25, 0.3) is 0 Å². The van der Waals surface area contributed by atoms with E-state index < -0.39 is 0 Å². The molecule has 3 atom stereocenters. The van der Waals surface area contributed by atoms with E-state index in [-0.39, 0.29) is 5.91 Å². The van der Waals surface area contributed by atoms with E-state index in [2.05, 4.69) is 19.2 Å². The Morgan fingerprint density at radius 1 is 1.17 bits per heavy atom. The Kier molecular flexibility index (Phi) is 6.75. The molecule has 0 aromatic heterocycles. The highest BCUT2D eigenvalue weighted by atomic mass is 16.5. The first-order chi connectivity index (χ1) is 11.1. The van der Waals surface area contributed by atoms with Crippen LogP contribution in [0, 0.1) is 11.8 Å². The Hall–Kier alpha value is -1.71. The number of rotatable bonds is 7. The number of ether oxygens (including phenoxy) is 2. The van der Waals surface area contributed by atoms with Gasteiger partial charge in [0.25, 0.3) is 0 Å². The summed E-state index contributed by atoms with van der Waals surface area (Å²) in [4.78, 5) is 12.1. The minimum absolute atomic E-state index is 0.147. The van der Waals surface area contributed by atoms with Crippen molar-refractivity contribution in [3.63, 3.8) is 0 Å². The molecular formula is C19H29NO3. The van der Waals surface area contributed by atoms with Crippen LogP contribution in [-0.4, -0.2) is 25.7 Å². The summed E-state index contributed by atoms with van der Waals surface area (Å²) in [7, 11) is 1.64. The Morgan fingerprint density at radius 3 is 2.57 bits per heavy atom. The van der Waals surface area contributed by atoms with Crippen molar-refractivity contribution in [2.45, 2.75) is 52.0 Å². The van der Waals surface area contributed by atoms with Crippen LogP contribution in [0.5, 0.6) is 11.5 Å². The number of methoxy groups -OCH3 is 1. The Bertz CT molecular complexity index is 486. The Morgan fingerprint density at radius 2 is 1.87 bits per heavy atom. The largest absolute Gasteiger partial charge is 0.497 e. The van der Waals surface area contributed by atoms with Gasteiger partial charge in [-0.05, 0) is 48.9 Å². The predicted molar refractivity (Wildman–Crippen MR) is 91.8 cm³/mol. The zero-order valence-electron chi connectivity index (χ0n) is 14.5. The standard InChI is InChI=1S/C19H29NO3/c1-14-6-4-7-18(15(14)2)20-19(21)8-5-13-23-17-11-9-16(22-3)10-12-17/h9-12,14-15,18H,4-8,13H2,1-3H3,(H,20,21)/t14-,15+,18+/m0/s1. The summed E-state index contributed by atoms with van der Waals surface area (Å²) >= 11 is 0. The third-order valence-corrected chi connectivity index (χ3v) is 4.93. The normalized spacial score (nSPS) is 24.0. The molecule has 1 saturated carbocycles. The molecule has 1 aliphatic rings. The molecular weight excluding hydrogens is 290 g/mol. The first-order valence-electron chi connectivity index (χ1n) is 8.66. The van der Waals surface area contributed by atoms with Crippen LogP contribution in [0.15, 0.2) is 24.3 Å². The molecule has 1 aromatic carbocycles. The zero-order valence-corrected chi connectivity index (χ0v) is 14.5. The lowest BCUT2D eigenvalue weighted by molar-refractivity contribution is -0.122. The van der Waals surface area contributed by atoms with Gasteiger partial charge in [-0.1, -0.05) is 26.7 Å². The van der Waals surface area contributed by atoms with Gasteiger partial charge in [-0.15, -0.1) is 0 Å². The molecule has 4 heteroatoms. The van der Waals surface area contributed by atoms with E-state index in [0.29, 0.717) is 30.9 Å². The van der Waals surface area contributed by atoms with Crippen molar-refractivity contribution in [2.75, 3.05) is 13.7 Å². The summed E-state index contributed by atoms with van der Waals surface area (Å²) in [6.45, 7) is 5.09. The molecule has 4 nitrogen and oxygen atoms in total. The highest BCUT2D eigenvalue weighted by Crippen LogP contribution is 2.29. The molecule has 2 rings (SSSR count). The molecule has 1 fully saturated rings. The van der Waals surface area contributed by atoms with Crippen molar-refractivity contribution in [1.82, 2.24) is 5.32 Å². The molecule has 0 radical (unpaired) electrons. The summed E-state index contributed by atoms with van der Waals surface area (Å²) < 4.78 is 10.8. The van der Waals surface area contributed by atoms with Crippen LogP contribution >= 0.6 is 0 Å². The maximum Gasteiger partial charge on any atom is 0.220 e. The predicted octanol–water partition coefficient (Wildman–Crippen LogP) is 3.80. The zero-order chi connectivity index (χ0) is 16.7. The molecule has 1 aliphatic carbocycles. The van der Waals surface area contributed by atoms with E-state index in [1.807, 2.05) is 24.3 Å². The van der Waals surface area contributed by atoms with Crippen LogP contribution in [0.1, 0.15) is 46.0 Å². The number of hydrogen-bond donors (Lipinski definition) is 1. The Labute approximate surface area is 139 Å². The lowest BCUT2D eigenvalue weighted by atomic mass is 9.78. The molecule has 128 valence electrons. The van der Waals surface area contributed by atoms with Crippen LogP contribution in [0.4, 0.5) is 0 Å². The number of carbonyl (C=O) groups is 1. The second-order valence-electron chi connectivity index (χ2n) is 6.57. The van der Waals surface area contributed by atoms with E-state index in [1.165, 1.54) is 12.8 Å². The highest BCUT2D eigenvalue weighted by Gasteiger charge is 2.27. The molecule has 23 heavy (non-hydrogen) atoms. The Balaban J connectivity index is 1.64. The highest BCUT2D eigenvalue weighted by molar-refractivity contribution is 5.76. The van der Waals surface area contributed by atoms with E-state index >= 15 is 0 Å². The van der Waals surface area contributed by atoms with Crippen molar-refractivity contribution >= 4 is 5.91 Å². The number of amides is 1. The summed E-state index contributed by atoms with van der Waals surface area (Å²) in [5, 5.41) is 3.20. The van der Waals surface area contributed by atoms with Crippen molar-refractivity contribution < 1.29 is 14.3 Å². The molecule has 1 N–H and O–H groups in total. The first kappa shape index (κ1) is 17.6. The molecule has 0 saturated heterocycles. The average Bonchev–Trinajstić information content (AvgIpc) is 2.56. The summed E-state index contributed by atoms with van der Waals surface area (Å²) in [5.41, 5.74) is 0. The molecule has 0 aliphatic heterocycles. The van der Waals surface area contributed by atoms with Crippen molar-refractivity contribution in [1.29, 1.82) is 0 Å². The van der Waals surface area contributed by atoms with Gasteiger partial charge in [-0.3, -0.25) is 4.79 Å². The van der Waals surface area contributed by atoms with Gasteiger partial charge in [0.1, 0.15) is 11.5 Å². The second-order valence-corrected chi connectivity index (χ2v) is 6.57. The van der Waals surface area contributed by atoms with E-state index in [4.69, 9.17) is 9.47 Å². The van der Waals surface area contributed by atoms with Crippen LogP contribution < -0.4 is 14.8 Å². The van der Waals surface area contributed by atoms with E-state index in [1.54, 1.807) is 7.11 Å². The monoisotopic (exact) mass is 319 g/mol. The van der Waals surface area contributed by atoms with Crippen molar-refractivity contribution in [2.24, 2.45) is 11.8 Å². The van der Waals surface area contributed by atoms with Gasteiger partial charge in [0.15, 0.2) is 0 Å². The van der Waals surface area contributed by atoms with Gasteiger partial charge >= 0.3 is 0 Å². The number of hydrogen-bond acceptors (Lipinski definition) is 3. The van der Waals surface area contributed by atoms with Gasteiger partial charge < -0.3 is 14.8 Å². The first-order valence-corrected chi connectivity index (χ1v) is 8.66. The summed E-state index contributed by atoms with van der Waals surface area (Å²) in [6.07, 6.45) is 4.86. The van der Waals surface area contributed by atoms with Crippen LogP contribution in [0.2, 0.25) is 0 Å². The molecule has 1 aromatic rings. The van der Waals surface area contributed by atoms with Crippen molar-refractivity contribution in [3.8, 4) is 11.5 Å². The fourth-order valence-corrected chi connectivity index (χ4v) is 3.16. The average molecular weight is 319 g/mol. The van der Waals surface area contributed by atoms with Crippen LogP contribution in [0.3, 0.4) is 0 Å². The second kappa shape index (κ2) is 8.80. The van der Waals surface area contributed by atoms with Gasteiger partial charge in [0, 0.05) is 12.5 Å². The van der Waals surface area contributed by atoms with Crippen molar-refractivity contribution in [3.05, 3.63) is 24.3 Å². The number of carbonyl (C=O) groups excluding carboxylic acids is 1. The number of nitrogens with one attached hydrogen (secondary N) is 1. The molecule has 0 heterocycles. The molecule has 1 amide bonds. The summed E-state index contributed by atoms with van der Waals surface area (Å²) in [5.74, 6) is 3.04. The number of benzene rings is 1. The maximum atomic E-state index is 12.1. The quantitative estimate of drug-likeness (QED) is 0.778. The molecule has 0 bridgehead atoms. The van der Waals surface area contributed by atoms with Crippen LogP contribution in [-0.2, 0) is 4.79 Å². The van der Waals surface area contributed by atoms with E-state index in [9.17, 15) is 4.79 Å². The van der Waals surface area contributed by atoms with Gasteiger partial charge in [0.2, 0.25) is 5.91 Å².